The van der Waals surface area contributed by atoms with Crippen LogP contribution in [0.1, 0.15) is 5.56 Å². The third-order valence-corrected chi connectivity index (χ3v) is 4.60. The van der Waals surface area contributed by atoms with E-state index in [0.717, 1.165) is 12.1 Å². The zero-order valence-corrected chi connectivity index (χ0v) is 11.2. The van der Waals surface area contributed by atoms with Gasteiger partial charge in [-0.3, -0.25) is 4.72 Å². The van der Waals surface area contributed by atoms with Crippen molar-refractivity contribution < 1.29 is 21.6 Å². The molecule has 11 heteroatoms. The normalized spacial score (nSPS) is 12.3. The molecule has 0 saturated carbocycles. The number of hydrogen-bond acceptors (Lipinski definition) is 6. The Morgan fingerprint density at radius 1 is 1.25 bits per heavy atom. The Bertz CT molecular complexity index is 727. The standard InChI is InChI=1S/C9H7F3N4O2S2/c10-9(11,12)5-2-1-3-6(4-5)16-20(17,18)8-15-14-7(13)19-8/h1-4,16H,(H2,13,14). The van der Waals surface area contributed by atoms with Gasteiger partial charge in [0.25, 0.3) is 14.4 Å². The number of halogens is 3. The summed E-state index contributed by atoms with van der Waals surface area (Å²) < 4.78 is 62.8. The summed E-state index contributed by atoms with van der Waals surface area (Å²) in [4.78, 5) is 0. The number of sulfonamides is 1. The van der Waals surface area contributed by atoms with Crippen LogP contribution in [0.25, 0.3) is 0 Å². The molecule has 0 aliphatic heterocycles. The largest absolute Gasteiger partial charge is 0.416 e. The van der Waals surface area contributed by atoms with Gasteiger partial charge >= 0.3 is 6.18 Å². The summed E-state index contributed by atoms with van der Waals surface area (Å²) in [6.07, 6.45) is -4.56. The van der Waals surface area contributed by atoms with Crippen molar-refractivity contribution in [1.82, 2.24) is 10.2 Å². The second kappa shape index (κ2) is 4.90. The molecule has 2 rings (SSSR count). The summed E-state index contributed by atoms with van der Waals surface area (Å²) in [5.74, 6) is 0. The minimum Gasteiger partial charge on any atom is -0.374 e. The van der Waals surface area contributed by atoms with Crippen molar-refractivity contribution in [2.45, 2.75) is 10.5 Å². The van der Waals surface area contributed by atoms with E-state index in [-0.39, 0.29) is 10.8 Å². The summed E-state index contributed by atoms with van der Waals surface area (Å²) in [6, 6.07) is 3.80. The quantitative estimate of drug-likeness (QED) is 0.899. The fraction of sp³-hybridized carbons (Fsp3) is 0.111. The first-order chi connectivity index (χ1) is 9.18. The fourth-order valence-electron chi connectivity index (χ4n) is 1.29. The van der Waals surface area contributed by atoms with Crippen molar-refractivity contribution in [2.24, 2.45) is 0 Å². The Balaban J connectivity index is 2.31. The van der Waals surface area contributed by atoms with Crippen LogP contribution in [-0.4, -0.2) is 18.6 Å². The summed E-state index contributed by atoms with van der Waals surface area (Å²) in [6.45, 7) is 0. The molecule has 1 aromatic heterocycles. The molecule has 20 heavy (non-hydrogen) atoms. The fourth-order valence-corrected chi connectivity index (χ4v) is 3.12. The maximum Gasteiger partial charge on any atom is 0.416 e. The molecular formula is C9H7F3N4O2S2. The molecule has 0 spiro atoms. The third-order valence-electron chi connectivity index (χ3n) is 2.09. The van der Waals surface area contributed by atoms with Gasteiger partial charge < -0.3 is 5.73 Å². The van der Waals surface area contributed by atoms with Crippen LogP contribution in [0.3, 0.4) is 0 Å². The van der Waals surface area contributed by atoms with Gasteiger partial charge in [0, 0.05) is 5.69 Å². The predicted molar refractivity (Wildman–Crippen MR) is 66.6 cm³/mol. The third kappa shape index (κ3) is 3.17. The lowest BCUT2D eigenvalue weighted by molar-refractivity contribution is -0.137. The van der Waals surface area contributed by atoms with E-state index in [1.54, 1.807) is 0 Å². The molecule has 6 nitrogen and oxygen atoms in total. The first-order valence-electron chi connectivity index (χ1n) is 4.97. The lowest BCUT2D eigenvalue weighted by Crippen LogP contribution is -2.13. The topological polar surface area (TPSA) is 98.0 Å². The van der Waals surface area contributed by atoms with Crippen LogP contribution in [-0.2, 0) is 16.2 Å². The van der Waals surface area contributed by atoms with Crippen molar-refractivity contribution >= 4 is 32.2 Å². The molecule has 0 saturated heterocycles. The molecule has 0 aliphatic carbocycles. The minimum atomic E-state index is -4.56. The van der Waals surface area contributed by atoms with Gasteiger partial charge in [-0.05, 0) is 18.2 Å². The Morgan fingerprint density at radius 2 is 1.95 bits per heavy atom. The number of rotatable bonds is 3. The molecule has 0 fully saturated rings. The number of aromatic nitrogens is 2. The molecule has 0 radical (unpaired) electrons. The zero-order chi connectivity index (χ0) is 15.0. The zero-order valence-electron chi connectivity index (χ0n) is 9.55. The van der Waals surface area contributed by atoms with E-state index in [9.17, 15) is 21.6 Å². The van der Waals surface area contributed by atoms with E-state index in [4.69, 9.17) is 5.73 Å². The maximum absolute atomic E-state index is 12.5. The number of anilines is 2. The number of benzene rings is 1. The highest BCUT2D eigenvalue weighted by Gasteiger charge is 2.31. The van der Waals surface area contributed by atoms with E-state index >= 15 is 0 Å². The summed E-state index contributed by atoms with van der Waals surface area (Å²) in [5, 5.41) is 6.59. The van der Waals surface area contributed by atoms with E-state index in [1.807, 2.05) is 4.72 Å². The number of nitrogens with two attached hydrogens (primary N) is 1. The highest BCUT2D eigenvalue weighted by atomic mass is 32.2. The van der Waals surface area contributed by atoms with Crippen molar-refractivity contribution in [3.8, 4) is 0 Å². The molecule has 108 valence electrons. The second-order valence-corrected chi connectivity index (χ2v) is 6.46. The van der Waals surface area contributed by atoms with Gasteiger partial charge in [0.05, 0.1) is 5.56 Å². The number of hydrogen-bond donors (Lipinski definition) is 2. The number of nitrogens with one attached hydrogen (secondary N) is 1. The van der Waals surface area contributed by atoms with Crippen molar-refractivity contribution in [3.05, 3.63) is 29.8 Å². The monoisotopic (exact) mass is 324 g/mol. The summed E-state index contributed by atoms with van der Waals surface area (Å²) in [5.41, 5.74) is 4.06. The molecule has 1 heterocycles. The van der Waals surface area contributed by atoms with Crippen LogP contribution in [0, 0.1) is 0 Å². The van der Waals surface area contributed by atoms with Crippen molar-refractivity contribution in [2.75, 3.05) is 10.5 Å². The average Bonchev–Trinajstić information content (AvgIpc) is 2.75. The van der Waals surface area contributed by atoms with Gasteiger partial charge in [-0.15, -0.1) is 10.2 Å². The van der Waals surface area contributed by atoms with Gasteiger partial charge in [-0.1, -0.05) is 17.4 Å². The average molecular weight is 324 g/mol. The van der Waals surface area contributed by atoms with E-state index in [0.29, 0.717) is 17.4 Å². The highest BCUT2D eigenvalue weighted by molar-refractivity contribution is 7.94. The molecule has 3 N–H and O–H groups in total. The molecule has 2 aromatic rings. The molecule has 0 atom stereocenters. The lowest BCUT2D eigenvalue weighted by Gasteiger charge is -2.09. The van der Waals surface area contributed by atoms with Crippen LogP contribution < -0.4 is 10.5 Å². The summed E-state index contributed by atoms with van der Waals surface area (Å²) >= 11 is 0.607. The van der Waals surface area contributed by atoms with Gasteiger partial charge in [0.2, 0.25) is 5.13 Å². The smallest absolute Gasteiger partial charge is 0.374 e. The molecular weight excluding hydrogens is 317 g/mol. The minimum absolute atomic E-state index is 0.0607. The van der Waals surface area contributed by atoms with Crippen LogP contribution in [0.4, 0.5) is 24.0 Å². The van der Waals surface area contributed by atoms with Gasteiger partial charge in [-0.2, -0.15) is 21.6 Å². The van der Waals surface area contributed by atoms with E-state index in [1.165, 1.54) is 6.07 Å². The Labute approximate surface area is 115 Å². The Morgan fingerprint density at radius 3 is 2.50 bits per heavy atom. The van der Waals surface area contributed by atoms with Crippen LogP contribution in [0.5, 0.6) is 0 Å². The van der Waals surface area contributed by atoms with E-state index < -0.39 is 26.1 Å². The first-order valence-corrected chi connectivity index (χ1v) is 7.27. The molecule has 0 aliphatic rings. The van der Waals surface area contributed by atoms with Gasteiger partial charge in [0.1, 0.15) is 0 Å². The SMILES string of the molecule is Nc1nnc(S(=O)(=O)Nc2cccc(C(F)(F)F)c2)s1. The second-order valence-electron chi connectivity index (χ2n) is 3.59. The lowest BCUT2D eigenvalue weighted by atomic mass is 10.2. The van der Waals surface area contributed by atoms with Crippen molar-refractivity contribution in [3.63, 3.8) is 0 Å². The van der Waals surface area contributed by atoms with Crippen LogP contribution >= 0.6 is 11.3 Å². The maximum atomic E-state index is 12.5. The van der Waals surface area contributed by atoms with Crippen molar-refractivity contribution in [1.29, 1.82) is 0 Å². The predicted octanol–water partition coefficient (Wildman–Crippen LogP) is 1.94. The molecule has 1 aromatic carbocycles. The Hall–Kier alpha value is -1.88. The molecule has 0 unspecified atom stereocenters. The summed E-state index contributed by atoms with van der Waals surface area (Å²) in [7, 11) is -4.11. The van der Waals surface area contributed by atoms with Crippen LogP contribution in [0.15, 0.2) is 28.6 Å². The first kappa shape index (κ1) is 14.5. The number of alkyl halides is 3. The van der Waals surface area contributed by atoms with Gasteiger partial charge in [-0.25, -0.2) is 0 Å². The molecule has 0 amide bonds. The highest BCUT2D eigenvalue weighted by Crippen LogP contribution is 2.31. The number of nitrogen functional groups attached to an aromatic ring is 1. The molecule has 0 bridgehead atoms. The van der Waals surface area contributed by atoms with Gasteiger partial charge in [0.15, 0.2) is 0 Å². The van der Waals surface area contributed by atoms with Crippen LogP contribution in [0.2, 0.25) is 0 Å². The number of nitrogens with zero attached hydrogens (tertiary/aromatic N) is 2. The van der Waals surface area contributed by atoms with E-state index in [2.05, 4.69) is 10.2 Å². The Kier molecular flexibility index (Phi) is 3.56.